The third-order valence-corrected chi connectivity index (χ3v) is 4.64. The normalized spacial score (nSPS) is 17.9. The Labute approximate surface area is 132 Å². The number of ether oxygens (including phenoxy) is 1. The van der Waals surface area contributed by atoms with Crippen molar-refractivity contribution in [2.45, 2.75) is 18.3 Å². The Morgan fingerprint density at radius 1 is 1.19 bits per heavy atom. The summed E-state index contributed by atoms with van der Waals surface area (Å²) in [7, 11) is 0. The van der Waals surface area contributed by atoms with Crippen LogP contribution in [-0.4, -0.2) is 29.9 Å². The third-order valence-electron chi connectivity index (χ3n) is 3.90. The molecule has 0 aliphatic carbocycles. The molecule has 0 unspecified atom stereocenters. The molecule has 1 fully saturated rings. The van der Waals surface area contributed by atoms with E-state index in [9.17, 15) is 0 Å². The van der Waals surface area contributed by atoms with Crippen molar-refractivity contribution in [3.8, 4) is 11.4 Å². The summed E-state index contributed by atoms with van der Waals surface area (Å²) in [5, 5.41) is 4.99. The van der Waals surface area contributed by atoms with Crippen molar-refractivity contribution in [2.75, 3.05) is 19.8 Å². The second-order valence-electron chi connectivity index (χ2n) is 5.15. The lowest BCUT2D eigenvalue weighted by atomic mass is 9.80. The zero-order chi connectivity index (χ0) is 14.9. The fourth-order valence-corrected chi connectivity index (χ4v) is 2.76. The first-order valence-electron chi connectivity index (χ1n) is 6.72. The minimum absolute atomic E-state index is 0.292. The van der Waals surface area contributed by atoms with Crippen LogP contribution in [0.5, 0.6) is 0 Å². The summed E-state index contributed by atoms with van der Waals surface area (Å²) in [6.45, 7) is 1.77. The van der Waals surface area contributed by atoms with Crippen LogP contribution >= 0.6 is 23.2 Å². The van der Waals surface area contributed by atoms with E-state index in [0.29, 0.717) is 41.5 Å². The largest absolute Gasteiger partial charge is 0.381 e. The Balaban J connectivity index is 1.93. The van der Waals surface area contributed by atoms with Crippen molar-refractivity contribution in [3.05, 3.63) is 34.1 Å². The molecular formula is C14H15Cl2N3O2. The van der Waals surface area contributed by atoms with E-state index in [2.05, 4.69) is 10.1 Å². The molecule has 0 amide bonds. The summed E-state index contributed by atoms with van der Waals surface area (Å²) >= 11 is 11.9. The minimum Gasteiger partial charge on any atom is -0.381 e. The van der Waals surface area contributed by atoms with Crippen molar-refractivity contribution in [1.82, 2.24) is 10.1 Å². The lowest BCUT2D eigenvalue weighted by Gasteiger charge is -2.32. The van der Waals surface area contributed by atoms with Crippen LogP contribution in [-0.2, 0) is 10.2 Å². The molecule has 3 rings (SSSR count). The van der Waals surface area contributed by atoms with Gasteiger partial charge < -0.3 is 15.0 Å². The minimum atomic E-state index is -0.292. The van der Waals surface area contributed by atoms with E-state index >= 15 is 0 Å². The van der Waals surface area contributed by atoms with E-state index < -0.39 is 0 Å². The Bertz CT molecular complexity index is 639. The zero-order valence-corrected chi connectivity index (χ0v) is 12.8. The van der Waals surface area contributed by atoms with E-state index in [1.165, 1.54) is 0 Å². The molecule has 2 heterocycles. The predicted octanol–water partition coefficient (Wildman–Crippen LogP) is 3.05. The number of halogens is 2. The van der Waals surface area contributed by atoms with Crippen LogP contribution in [0.15, 0.2) is 22.7 Å². The number of hydrogen-bond donors (Lipinski definition) is 1. The number of rotatable bonds is 3. The van der Waals surface area contributed by atoms with E-state index in [-0.39, 0.29) is 5.41 Å². The fraction of sp³-hybridized carbons (Fsp3) is 0.429. The highest BCUT2D eigenvalue weighted by Crippen LogP contribution is 2.34. The Morgan fingerprint density at radius 2 is 1.95 bits per heavy atom. The number of hydrogen-bond acceptors (Lipinski definition) is 5. The molecule has 1 aromatic carbocycles. The van der Waals surface area contributed by atoms with Crippen LogP contribution in [0.1, 0.15) is 18.7 Å². The maximum Gasteiger partial charge on any atom is 0.234 e. The van der Waals surface area contributed by atoms with Gasteiger partial charge >= 0.3 is 0 Å². The summed E-state index contributed by atoms with van der Waals surface area (Å²) in [5.41, 5.74) is 6.41. The molecule has 2 N–H and O–H groups in total. The van der Waals surface area contributed by atoms with Gasteiger partial charge in [0.1, 0.15) is 0 Å². The average Bonchev–Trinajstić information content (AvgIpc) is 3.01. The second-order valence-corrected chi connectivity index (χ2v) is 5.96. The van der Waals surface area contributed by atoms with Crippen LogP contribution in [0.4, 0.5) is 0 Å². The van der Waals surface area contributed by atoms with E-state index in [0.717, 1.165) is 18.4 Å². The Hall–Kier alpha value is -1.14. The summed E-state index contributed by atoms with van der Waals surface area (Å²) in [6.07, 6.45) is 1.57. The second kappa shape index (κ2) is 5.93. The monoisotopic (exact) mass is 327 g/mol. The van der Waals surface area contributed by atoms with Gasteiger partial charge in [0.2, 0.25) is 11.7 Å². The van der Waals surface area contributed by atoms with Gasteiger partial charge in [-0.2, -0.15) is 4.98 Å². The number of nitrogens with zero attached hydrogens (tertiary/aromatic N) is 2. The highest BCUT2D eigenvalue weighted by molar-refractivity contribution is 6.42. The first-order valence-corrected chi connectivity index (χ1v) is 7.48. The van der Waals surface area contributed by atoms with Crippen molar-refractivity contribution in [2.24, 2.45) is 5.73 Å². The maximum atomic E-state index is 6.02. The molecule has 7 heteroatoms. The predicted molar refractivity (Wildman–Crippen MR) is 80.5 cm³/mol. The fourth-order valence-electron chi connectivity index (χ4n) is 2.46. The molecule has 1 saturated heterocycles. The quantitative estimate of drug-likeness (QED) is 0.937. The number of benzene rings is 1. The summed E-state index contributed by atoms with van der Waals surface area (Å²) in [5.74, 6) is 1.05. The van der Waals surface area contributed by atoms with Gasteiger partial charge in [-0.25, -0.2) is 0 Å². The molecule has 2 aromatic rings. The van der Waals surface area contributed by atoms with Crippen molar-refractivity contribution in [3.63, 3.8) is 0 Å². The van der Waals surface area contributed by atoms with Crippen LogP contribution in [0, 0.1) is 0 Å². The van der Waals surface area contributed by atoms with Gasteiger partial charge in [-0.1, -0.05) is 28.4 Å². The van der Waals surface area contributed by atoms with Crippen molar-refractivity contribution in [1.29, 1.82) is 0 Å². The molecule has 0 atom stereocenters. The highest BCUT2D eigenvalue weighted by atomic mass is 35.5. The molecule has 1 aliphatic heterocycles. The lowest BCUT2D eigenvalue weighted by molar-refractivity contribution is 0.0409. The van der Waals surface area contributed by atoms with E-state index in [4.69, 9.17) is 38.2 Å². The molecule has 5 nitrogen and oxygen atoms in total. The topological polar surface area (TPSA) is 74.2 Å². The van der Waals surface area contributed by atoms with Crippen molar-refractivity contribution < 1.29 is 9.26 Å². The highest BCUT2D eigenvalue weighted by Gasteiger charge is 2.38. The molecule has 0 saturated carbocycles. The van der Waals surface area contributed by atoms with Gasteiger partial charge in [0.15, 0.2) is 0 Å². The number of aromatic nitrogens is 2. The first kappa shape index (κ1) is 14.8. The maximum absolute atomic E-state index is 6.02. The summed E-state index contributed by atoms with van der Waals surface area (Å²) in [4.78, 5) is 4.50. The number of nitrogens with two attached hydrogens (primary N) is 1. The van der Waals surface area contributed by atoms with Gasteiger partial charge in [0.25, 0.3) is 0 Å². The smallest absolute Gasteiger partial charge is 0.234 e. The van der Waals surface area contributed by atoms with Gasteiger partial charge in [0.05, 0.1) is 15.5 Å². The molecule has 0 spiro atoms. The first-order chi connectivity index (χ1) is 10.1. The summed E-state index contributed by atoms with van der Waals surface area (Å²) in [6, 6.07) is 5.24. The van der Waals surface area contributed by atoms with Crippen molar-refractivity contribution >= 4 is 23.2 Å². The lowest BCUT2D eigenvalue weighted by Crippen LogP contribution is -2.40. The van der Waals surface area contributed by atoms with Gasteiger partial charge in [0, 0.05) is 25.3 Å². The molecule has 0 radical (unpaired) electrons. The SMILES string of the molecule is NCC1(c2nc(-c3ccc(Cl)c(Cl)c3)no2)CCOCC1. The van der Waals surface area contributed by atoms with Gasteiger partial charge in [-0.05, 0) is 31.0 Å². The van der Waals surface area contributed by atoms with E-state index in [1.807, 2.05) is 6.07 Å². The molecule has 0 bridgehead atoms. The molecule has 112 valence electrons. The average molecular weight is 328 g/mol. The molecule has 1 aliphatic rings. The molecule has 21 heavy (non-hydrogen) atoms. The van der Waals surface area contributed by atoms with Gasteiger partial charge in [-0.3, -0.25) is 0 Å². The Morgan fingerprint density at radius 3 is 2.62 bits per heavy atom. The van der Waals surface area contributed by atoms with Crippen LogP contribution in [0.2, 0.25) is 10.0 Å². The molecular weight excluding hydrogens is 313 g/mol. The third kappa shape index (κ3) is 2.79. The van der Waals surface area contributed by atoms with Gasteiger partial charge in [-0.15, -0.1) is 0 Å². The standard InChI is InChI=1S/C14H15Cl2N3O2/c15-10-2-1-9(7-11(10)16)12-18-13(21-19-12)14(8-17)3-5-20-6-4-14/h1-2,7H,3-6,8,17H2. The molecule has 1 aromatic heterocycles. The Kier molecular flexibility index (Phi) is 4.17. The zero-order valence-electron chi connectivity index (χ0n) is 11.3. The van der Waals surface area contributed by atoms with Crippen LogP contribution < -0.4 is 5.73 Å². The van der Waals surface area contributed by atoms with Crippen LogP contribution in [0.3, 0.4) is 0 Å². The van der Waals surface area contributed by atoms with Crippen LogP contribution in [0.25, 0.3) is 11.4 Å². The van der Waals surface area contributed by atoms with E-state index in [1.54, 1.807) is 12.1 Å². The summed E-state index contributed by atoms with van der Waals surface area (Å²) < 4.78 is 10.8.